The summed E-state index contributed by atoms with van der Waals surface area (Å²) in [5.74, 6) is 1.06. The van der Waals surface area contributed by atoms with Crippen LogP contribution in [0.25, 0.3) is 33.3 Å². The molecule has 0 atom stereocenters. The van der Waals surface area contributed by atoms with E-state index in [1.807, 2.05) is 48.0 Å². The summed E-state index contributed by atoms with van der Waals surface area (Å²) in [5, 5.41) is 0.899. The maximum absolute atomic E-state index is 13.7. The molecule has 0 bridgehead atoms. The van der Waals surface area contributed by atoms with E-state index < -0.39 is 0 Å². The van der Waals surface area contributed by atoms with Crippen LogP contribution in [0.1, 0.15) is 5.56 Å². The third-order valence-corrected chi connectivity index (χ3v) is 5.34. The lowest BCUT2D eigenvalue weighted by molar-refractivity contribution is 0.414. The van der Waals surface area contributed by atoms with Crippen molar-refractivity contribution in [1.82, 2.24) is 19.5 Å². The average molecular weight is 411 g/mol. The number of rotatable bonds is 5. The number of hydrogen-bond donors (Lipinski definition) is 1. The molecule has 2 aromatic carbocycles. The van der Waals surface area contributed by atoms with Crippen LogP contribution in [0.4, 0.5) is 10.2 Å². The molecule has 3 heterocycles. The Hall–Kier alpha value is -3.81. The van der Waals surface area contributed by atoms with Gasteiger partial charge in [-0.05, 0) is 35.9 Å². The van der Waals surface area contributed by atoms with E-state index >= 15 is 0 Å². The number of aryl methyl sites for hydroxylation is 1. The Kier molecular flexibility index (Phi) is 4.62. The number of ether oxygens (including phenoxy) is 1. The number of benzene rings is 2. The van der Waals surface area contributed by atoms with Crippen LogP contribution in [-0.2, 0) is 13.6 Å². The smallest absolute Gasteiger partial charge is 0.229 e. The molecule has 0 fully saturated rings. The molecule has 6 nitrogen and oxygen atoms in total. The van der Waals surface area contributed by atoms with Crippen LogP contribution in [0.2, 0.25) is 0 Å². The van der Waals surface area contributed by atoms with Gasteiger partial charge in [-0.25, -0.2) is 14.4 Å². The summed E-state index contributed by atoms with van der Waals surface area (Å²) < 4.78 is 20.9. The molecule has 0 aliphatic heterocycles. The summed E-state index contributed by atoms with van der Waals surface area (Å²) >= 11 is 0. The Morgan fingerprint density at radius 3 is 2.71 bits per heavy atom. The summed E-state index contributed by atoms with van der Waals surface area (Å²) in [4.78, 5) is 14.2. The summed E-state index contributed by atoms with van der Waals surface area (Å²) in [7, 11) is 9.99. The molecule has 0 spiro atoms. The summed E-state index contributed by atoms with van der Waals surface area (Å²) in [5.41, 5.74) is 4.81. The number of anilines is 1. The number of halogens is 1. The van der Waals surface area contributed by atoms with E-state index in [4.69, 9.17) is 17.7 Å². The fourth-order valence-electron chi connectivity index (χ4n) is 3.80. The minimum absolute atomic E-state index is 0.289. The molecule has 152 valence electrons. The molecule has 5 aromatic rings. The Balaban J connectivity index is 1.60. The molecule has 0 saturated carbocycles. The van der Waals surface area contributed by atoms with Crippen molar-refractivity contribution in [2.24, 2.45) is 7.05 Å². The fourth-order valence-corrected chi connectivity index (χ4v) is 3.80. The number of nitrogens with one attached hydrogen (secondary N) is 1. The summed E-state index contributed by atoms with van der Waals surface area (Å²) in [6.07, 6.45) is 1.74. The molecule has 2 radical (unpaired) electrons. The van der Waals surface area contributed by atoms with Crippen LogP contribution in [-0.4, -0.2) is 34.6 Å². The minimum atomic E-state index is -0.289. The first kappa shape index (κ1) is 19.2. The van der Waals surface area contributed by atoms with Crippen molar-refractivity contribution in [3.63, 3.8) is 0 Å². The molecule has 3 aromatic heterocycles. The molecule has 0 amide bonds. The van der Waals surface area contributed by atoms with E-state index in [-0.39, 0.29) is 5.82 Å². The fraction of sp³-hybridized carbons (Fsp3) is 0.130. The van der Waals surface area contributed by atoms with Crippen molar-refractivity contribution in [2.75, 3.05) is 11.9 Å². The third-order valence-electron chi connectivity index (χ3n) is 5.34. The van der Waals surface area contributed by atoms with Gasteiger partial charge >= 0.3 is 0 Å². The highest BCUT2D eigenvalue weighted by Gasteiger charge is 2.18. The average Bonchev–Trinajstić information content (AvgIpc) is 3.37. The van der Waals surface area contributed by atoms with E-state index in [2.05, 4.69) is 9.97 Å². The van der Waals surface area contributed by atoms with Gasteiger partial charge in [-0.2, -0.15) is 0 Å². The quantitative estimate of drug-likeness (QED) is 0.437. The number of H-pyrrole nitrogens is 1. The molecule has 31 heavy (non-hydrogen) atoms. The number of aromatic amines is 1. The maximum Gasteiger partial charge on any atom is 0.229 e. The van der Waals surface area contributed by atoms with Gasteiger partial charge in [0.2, 0.25) is 7.98 Å². The van der Waals surface area contributed by atoms with E-state index in [1.54, 1.807) is 24.3 Å². The van der Waals surface area contributed by atoms with E-state index in [0.717, 1.165) is 33.5 Å². The Morgan fingerprint density at radius 1 is 1.16 bits per heavy atom. The lowest BCUT2D eigenvalue weighted by Crippen LogP contribution is -2.20. The van der Waals surface area contributed by atoms with Gasteiger partial charge < -0.3 is 19.1 Å². The first-order chi connectivity index (χ1) is 15.0. The summed E-state index contributed by atoms with van der Waals surface area (Å²) in [6.45, 7) is 0.450. The van der Waals surface area contributed by atoms with Crippen molar-refractivity contribution in [3.05, 3.63) is 72.3 Å². The lowest BCUT2D eigenvalue weighted by Gasteiger charge is -2.20. The summed E-state index contributed by atoms with van der Waals surface area (Å²) in [6, 6.07) is 16.1. The van der Waals surface area contributed by atoms with Crippen LogP contribution in [0.15, 0.2) is 60.9 Å². The van der Waals surface area contributed by atoms with E-state index in [1.165, 1.54) is 12.1 Å². The second-order valence-corrected chi connectivity index (χ2v) is 7.42. The molecule has 0 aliphatic rings. The van der Waals surface area contributed by atoms with Crippen LogP contribution < -0.4 is 9.55 Å². The van der Waals surface area contributed by atoms with Gasteiger partial charge in [0, 0.05) is 30.2 Å². The number of fused-ring (bicyclic) bond motifs is 3. The molecule has 5 rings (SSSR count). The van der Waals surface area contributed by atoms with Crippen LogP contribution >= 0.6 is 0 Å². The predicted molar refractivity (Wildman–Crippen MR) is 121 cm³/mol. The first-order valence-corrected chi connectivity index (χ1v) is 9.78. The third kappa shape index (κ3) is 3.40. The topological polar surface area (TPSA) is 59.0 Å². The normalized spacial score (nSPS) is 11.3. The van der Waals surface area contributed by atoms with Gasteiger partial charge in [-0.1, -0.05) is 24.3 Å². The SMILES string of the molecule is [B]N(Cc1ccc(OC)cc1)c1nc2[nH]c(-c3cccc(F)c3)cc2c2c1ncn2C. The maximum atomic E-state index is 13.7. The molecular weight excluding hydrogens is 392 g/mol. The van der Waals surface area contributed by atoms with Crippen LogP contribution in [0.5, 0.6) is 5.75 Å². The number of nitrogens with zero attached hydrogens (tertiary/aromatic N) is 4. The number of pyridine rings is 1. The Bertz CT molecular complexity index is 1390. The van der Waals surface area contributed by atoms with Crippen molar-refractivity contribution < 1.29 is 9.13 Å². The van der Waals surface area contributed by atoms with Crippen molar-refractivity contribution in [3.8, 4) is 17.0 Å². The minimum Gasteiger partial charge on any atom is -0.497 e. The van der Waals surface area contributed by atoms with Crippen molar-refractivity contribution in [1.29, 1.82) is 0 Å². The molecule has 0 saturated heterocycles. The molecule has 0 unspecified atom stereocenters. The highest BCUT2D eigenvalue weighted by molar-refractivity contribution is 6.21. The number of methoxy groups -OCH3 is 1. The zero-order valence-electron chi connectivity index (χ0n) is 17.1. The Morgan fingerprint density at radius 2 is 1.97 bits per heavy atom. The molecule has 8 heteroatoms. The van der Waals surface area contributed by atoms with Gasteiger partial charge in [0.25, 0.3) is 0 Å². The largest absolute Gasteiger partial charge is 0.497 e. The van der Waals surface area contributed by atoms with Gasteiger partial charge in [0.1, 0.15) is 28.5 Å². The first-order valence-electron chi connectivity index (χ1n) is 9.78. The van der Waals surface area contributed by atoms with Gasteiger partial charge in [-0.3, -0.25) is 0 Å². The standard InChI is InChI=1S/C23H19BFN5O/c1-29-13-26-20-21(29)18-11-19(15-4-3-5-16(25)10-15)27-22(18)28-23(20)30(24)12-14-6-8-17(31-2)9-7-14/h3-11,13H,12H2,1-2H3,(H,27,28). The van der Waals surface area contributed by atoms with Crippen LogP contribution in [0.3, 0.4) is 0 Å². The zero-order valence-corrected chi connectivity index (χ0v) is 17.1. The van der Waals surface area contributed by atoms with Gasteiger partial charge in [0.05, 0.1) is 19.0 Å². The number of imidazole rings is 1. The van der Waals surface area contributed by atoms with E-state index in [9.17, 15) is 4.39 Å². The monoisotopic (exact) mass is 411 g/mol. The molecular formula is C23H19BFN5O. The molecule has 1 N–H and O–H groups in total. The van der Waals surface area contributed by atoms with Crippen LogP contribution in [0, 0.1) is 5.82 Å². The highest BCUT2D eigenvalue weighted by atomic mass is 19.1. The van der Waals surface area contributed by atoms with E-state index in [0.29, 0.717) is 23.5 Å². The number of aromatic nitrogens is 4. The lowest BCUT2D eigenvalue weighted by atomic mass is 10.1. The molecule has 0 aliphatic carbocycles. The highest BCUT2D eigenvalue weighted by Crippen LogP contribution is 2.33. The predicted octanol–water partition coefficient (Wildman–Crippen LogP) is 4.35. The van der Waals surface area contributed by atoms with Crippen molar-refractivity contribution in [2.45, 2.75) is 6.54 Å². The zero-order chi connectivity index (χ0) is 21.5. The second kappa shape index (κ2) is 7.47. The second-order valence-electron chi connectivity index (χ2n) is 7.42. The van der Waals surface area contributed by atoms with Gasteiger partial charge in [0.15, 0.2) is 0 Å². The van der Waals surface area contributed by atoms with Gasteiger partial charge in [-0.15, -0.1) is 0 Å². The number of hydrogen-bond acceptors (Lipinski definition) is 4. The van der Waals surface area contributed by atoms with Crippen molar-refractivity contribution >= 4 is 35.9 Å². The Labute approximate surface area is 179 Å².